The standard InChI is InChI=1S/C23H21FN2O5S/c1-16-9-11-19(12-10-16)32(28,29)31-22-8-4-7-21(24)20(22)15-25-26-23(27)14-17-5-3-6-18(13-17)30-2/h3-13,15H,14H2,1-2H3,(H,26,27). The van der Waals surface area contributed by atoms with Crippen LogP contribution in [0.15, 0.2) is 76.7 Å². The van der Waals surface area contributed by atoms with E-state index in [0.29, 0.717) is 11.3 Å². The van der Waals surface area contributed by atoms with Crippen molar-refractivity contribution in [2.24, 2.45) is 5.10 Å². The summed E-state index contributed by atoms with van der Waals surface area (Å²) in [6, 6.07) is 16.8. The van der Waals surface area contributed by atoms with E-state index in [1.54, 1.807) is 36.4 Å². The van der Waals surface area contributed by atoms with Crippen LogP contribution in [0, 0.1) is 12.7 Å². The number of hydrazone groups is 1. The number of methoxy groups -OCH3 is 1. The fraction of sp³-hybridized carbons (Fsp3) is 0.130. The van der Waals surface area contributed by atoms with Crippen LogP contribution in [0.25, 0.3) is 0 Å². The zero-order chi connectivity index (χ0) is 23.1. The van der Waals surface area contributed by atoms with Crippen molar-refractivity contribution in [3.05, 3.63) is 89.2 Å². The lowest BCUT2D eigenvalue weighted by Crippen LogP contribution is -2.20. The molecule has 0 spiro atoms. The second kappa shape index (κ2) is 10.1. The van der Waals surface area contributed by atoms with E-state index in [0.717, 1.165) is 17.8 Å². The molecule has 0 bridgehead atoms. The molecule has 0 saturated carbocycles. The lowest BCUT2D eigenvalue weighted by Gasteiger charge is -2.10. The number of benzene rings is 3. The first kappa shape index (κ1) is 23.0. The van der Waals surface area contributed by atoms with Crippen molar-refractivity contribution >= 4 is 22.2 Å². The summed E-state index contributed by atoms with van der Waals surface area (Å²) >= 11 is 0. The van der Waals surface area contributed by atoms with Gasteiger partial charge in [-0.05, 0) is 48.9 Å². The smallest absolute Gasteiger partial charge is 0.339 e. The molecule has 0 fully saturated rings. The Morgan fingerprint density at radius 1 is 1.09 bits per heavy atom. The highest BCUT2D eigenvalue weighted by atomic mass is 32.2. The molecule has 32 heavy (non-hydrogen) atoms. The number of rotatable bonds is 8. The average Bonchev–Trinajstić information content (AvgIpc) is 2.76. The quantitative estimate of drug-likeness (QED) is 0.318. The van der Waals surface area contributed by atoms with Gasteiger partial charge in [-0.1, -0.05) is 35.9 Å². The maximum Gasteiger partial charge on any atom is 0.339 e. The van der Waals surface area contributed by atoms with E-state index in [9.17, 15) is 17.6 Å². The first-order chi connectivity index (χ1) is 15.3. The molecule has 3 aromatic rings. The van der Waals surface area contributed by atoms with Gasteiger partial charge in [0.1, 0.15) is 16.5 Å². The summed E-state index contributed by atoms with van der Waals surface area (Å²) in [5, 5.41) is 3.75. The van der Waals surface area contributed by atoms with Crippen LogP contribution >= 0.6 is 0 Å². The third-order valence-electron chi connectivity index (χ3n) is 4.40. The van der Waals surface area contributed by atoms with Gasteiger partial charge in [0.25, 0.3) is 0 Å². The predicted molar refractivity (Wildman–Crippen MR) is 118 cm³/mol. The van der Waals surface area contributed by atoms with Gasteiger partial charge in [-0.15, -0.1) is 0 Å². The SMILES string of the molecule is COc1cccc(CC(=O)NN=Cc2c(F)cccc2OS(=O)(=O)c2ccc(C)cc2)c1. The van der Waals surface area contributed by atoms with E-state index in [4.69, 9.17) is 8.92 Å². The van der Waals surface area contributed by atoms with Gasteiger partial charge in [0, 0.05) is 0 Å². The van der Waals surface area contributed by atoms with Crippen LogP contribution < -0.4 is 14.3 Å². The number of halogens is 1. The Balaban J connectivity index is 1.73. The van der Waals surface area contributed by atoms with E-state index >= 15 is 0 Å². The Bertz CT molecular complexity index is 1240. The summed E-state index contributed by atoms with van der Waals surface area (Å²) in [7, 11) is -2.66. The van der Waals surface area contributed by atoms with Crippen LogP contribution in [0.2, 0.25) is 0 Å². The summed E-state index contributed by atoms with van der Waals surface area (Å²) in [5.41, 5.74) is 3.66. The number of carbonyl (C=O) groups excluding carboxylic acids is 1. The van der Waals surface area contributed by atoms with Gasteiger partial charge in [-0.2, -0.15) is 13.5 Å². The second-order valence-electron chi connectivity index (χ2n) is 6.82. The Hall–Kier alpha value is -3.72. The Kier molecular flexibility index (Phi) is 7.21. The van der Waals surface area contributed by atoms with Crippen LogP contribution in [0.4, 0.5) is 4.39 Å². The van der Waals surface area contributed by atoms with Gasteiger partial charge in [-0.3, -0.25) is 4.79 Å². The van der Waals surface area contributed by atoms with Gasteiger partial charge in [0.05, 0.1) is 25.3 Å². The first-order valence-electron chi connectivity index (χ1n) is 9.53. The van der Waals surface area contributed by atoms with E-state index in [1.807, 2.05) is 6.92 Å². The van der Waals surface area contributed by atoms with Gasteiger partial charge < -0.3 is 8.92 Å². The second-order valence-corrected chi connectivity index (χ2v) is 8.37. The molecule has 166 valence electrons. The Morgan fingerprint density at radius 3 is 2.53 bits per heavy atom. The zero-order valence-electron chi connectivity index (χ0n) is 17.4. The highest BCUT2D eigenvalue weighted by molar-refractivity contribution is 7.87. The average molecular weight is 456 g/mol. The van der Waals surface area contributed by atoms with E-state index in [2.05, 4.69) is 10.5 Å². The maximum absolute atomic E-state index is 14.3. The molecule has 3 rings (SSSR count). The lowest BCUT2D eigenvalue weighted by molar-refractivity contribution is -0.120. The number of hydrogen-bond donors (Lipinski definition) is 1. The minimum absolute atomic E-state index is 0.0248. The molecule has 0 unspecified atom stereocenters. The Labute approximate surface area is 185 Å². The maximum atomic E-state index is 14.3. The third kappa shape index (κ3) is 5.92. The number of carbonyl (C=O) groups is 1. The highest BCUT2D eigenvalue weighted by Crippen LogP contribution is 2.24. The zero-order valence-corrected chi connectivity index (χ0v) is 18.2. The minimum atomic E-state index is -4.19. The summed E-state index contributed by atoms with van der Waals surface area (Å²) in [5.74, 6) is -0.842. The van der Waals surface area contributed by atoms with Crippen molar-refractivity contribution in [3.63, 3.8) is 0 Å². The molecule has 0 heterocycles. The number of amides is 1. The molecule has 0 aliphatic carbocycles. The van der Waals surface area contributed by atoms with Crippen LogP contribution in [0.3, 0.4) is 0 Å². The van der Waals surface area contributed by atoms with Crippen molar-refractivity contribution in [3.8, 4) is 11.5 Å². The number of nitrogens with one attached hydrogen (secondary N) is 1. The number of ether oxygens (including phenoxy) is 1. The summed E-state index contributed by atoms with van der Waals surface area (Å²) in [6.07, 6.45) is 1.02. The molecular weight excluding hydrogens is 435 g/mol. The predicted octanol–water partition coefficient (Wildman–Crippen LogP) is 3.60. The third-order valence-corrected chi connectivity index (χ3v) is 5.65. The lowest BCUT2D eigenvalue weighted by atomic mass is 10.1. The van der Waals surface area contributed by atoms with Gasteiger partial charge in [0.15, 0.2) is 5.75 Å². The molecule has 1 N–H and O–H groups in total. The van der Waals surface area contributed by atoms with Gasteiger partial charge in [0.2, 0.25) is 5.91 Å². The van der Waals surface area contributed by atoms with Crippen LogP contribution in [0.5, 0.6) is 11.5 Å². The van der Waals surface area contributed by atoms with Crippen LogP contribution in [-0.2, 0) is 21.3 Å². The molecule has 0 aliphatic rings. The molecule has 9 heteroatoms. The molecule has 0 saturated heterocycles. The summed E-state index contributed by atoms with van der Waals surface area (Å²) in [4.78, 5) is 12.1. The topological polar surface area (TPSA) is 94.1 Å². The highest BCUT2D eigenvalue weighted by Gasteiger charge is 2.19. The van der Waals surface area contributed by atoms with Crippen molar-refractivity contribution in [1.82, 2.24) is 5.43 Å². The van der Waals surface area contributed by atoms with E-state index < -0.39 is 21.8 Å². The molecule has 1 amide bonds. The molecule has 7 nitrogen and oxygen atoms in total. The number of aryl methyl sites for hydroxylation is 1. The van der Waals surface area contributed by atoms with Crippen molar-refractivity contribution in [1.29, 1.82) is 0 Å². The molecule has 0 aliphatic heterocycles. The van der Waals surface area contributed by atoms with Crippen molar-refractivity contribution in [2.45, 2.75) is 18.2 Å². The molecule has 0 atom stereocenters. The fourth-order valence-electron chi connectivity index (χ4n) is 2.76. The molecule has 3 aromatic carbocycles. The monoisotopic (exact) mass is 456 g/mol. The number of nitrogens with zero attached hydrogens (tertiary/aromatic N) is 1. The minimum Gasteiger partial charge on any atom is -0.497 e. The van der Waals surface area contributed by atoms with E-state index in [1.165, 1.54) is 31.4 Å². The van der Waals surface area contributed by atoms with Gasteiger partial charge >= 0.3 is 10.1 Å². The van der Waals surface area contributed by atoms with Crippen LogP contribution in [0.1, 0.15) is 16.7 Å². The first-order valence-corrected chi connectivity index (χ1v) is 10.9. The largest absolute Gasteiger partial charge is 0.497 e. The van der Waals surface area contributed by atoms with Crippen molar-refractivity contribution < 1.29 is 26.5 Å². The van der Waals surface area contributed by atoms with E-state index in [-0.39, 0.29) is 22.6 Å². The molecular formula is C23H21FN2O5S. The van der Waals surface area contributed by atoms with Crippen molar-refractivity contribution in [2.75, 3.05) is 7.11 Å². The van der Waals surface area contributed by atoms with Crippen LogP contribution in [-0.4, -0.2) is 27.6 Å². The normalized spacial score (nSPS) is 11.3. The fourth-order valence-corrected chi connectivity index (χ4v) is 3.71. The van der Waals surface area contributed by atoms with Gasteiger partial charge in [-0.25, -0.2) is 9.82 Å². The summed E-state index contributed by atoms with van der Waals surface area (Å²) < 4.78 is 49.7. The molecule has 0 aromatic heterocycles. The number of hydrogen-bond acceptors (Lipinski definition) is 6. The summed E-state index contributed by atoms with van der Waals surface area (Å²) in [6.45, 7) is 1.82. The molecule has 0 radical (unpaired) electrons. The Morgan fingerprint density at radius 2 is 1.81 bits per heavy atom.